The molecule has 2 aromatic carbocycles. The number of anilines is 1. The summed E-state index contributed by atoms with van der Waals surface area (Å²) in [5.41, 5.74) is 3.83. The summed E-state index contributed by atoms with van der Waals surface area (Å²) in [6.45, 7) is 3.77. The minimum absolute atomic E-state index is 0.0316. The first-order valence-electron chi connectivity index (χ1n) is 9.88. The molecule has 7 heteroatoms. The van der Waals surface area contributed by atoms with Gasteiger partial charge in [0.25, 0.3) is 0 Å². The van der Waals surface area contributed by atoms with Gasteiger partial charge in [0.2, 0.25) is 5.95 Å². The molecule has 0 spiro atoms. The Labute approximate surface area is 172 Å². The van der Waals surface area contributed by atoms with E-state index in [2.05, 4.69) is 21.5 Å². The maximum atomic E-state index is 14.0. The van der Waals surface area contributed by atoms with Gasteiger partial charge < -0.3 is 5.32 Å². The van der Waals surface area contributed by atoms with Gasteiger partial charge in [-0.2, -0.15) is 10.1 Å². The first-order valence-corrected chi connectivity index (χ1v) is 9.88. The van der Waals surface area contributed by atoms with Gasteiger partial charge in [-0.1, -0.05) is 29.8 Å². The van der Waals surface area contributed by atoms with Gasteiger partial charge in [0.1, 0.15) is 23.5 Å². The van der Waals surface area contributed by atoms with E-state index >= 15 is 0 Å². The Kier molecular flexibility index (Phi) is 4.27. The molecule has 30 heavy (non-hydrogen) atoms. The molecule has 1 aromatic heterocycles. The lowest BCUT2D eigenvalue weighted by atomic mass is 9.77. The number of carbonyl (C=O) groups is 1. The number of aromatic nitrogens is 3. The van der Waals surface area contributed by atoms with Crippen LogP contribution in [0.4, 0.5) is 14.7 Å². The number of hydrogen-bond acceptors (Lipinski definition) is 4. The Morgan fingerprint density at radius 2 is 1.80 bits per heavy atom. The minimum atomic E-state index is -0.714. The van der Waals surface area contributed by atoms with Crippen molar-refractivity contribution in [1.29, 1.82) is 0 Å². The molecule has 2 aliphatic rings. The number of nitrogens with one attached hydrogen (secondary N) is 1. The molecule has 0 radical (unpaired) electrons. The van der Waals surface area contributed by atoms with Crippen LogP contribution in [0.15, 0.2) is 53.7 Å². The summed E-state index contributed by atoms with van der Waals surface area (Å²) < 4.78 is 29.6. The van der Waals surface area contributed by atoms with Crippen molar-refractivity contribution in [3.05, 3.63) is 87.9 Å². The molecule has 1 aliphatic heterocycles. The number of ketones is 1. The number of halogens is 2. The van der Waals surface area contributed by atoms with E-state index in [4.69, 9.17) is 0 Å². The molecule has 5 nitrogen and oxygen atoms in total. The number of aryl methyl sites for hydroxylation is 2. The molecule has 0 bridgehead atoms. The van der Waals surface area contributed by atoms with Crippen LogP contribution in [0, 0.1) is 25.5 Å². The van der Waals surface area contributed by atoms with Crippen LogP contribution < -0.4 is 5.32 Å². The Morgan fingerprint density at radius 3 is 2.53 bits per heavy atom. The molecule has 5 rings (SSSR count). The van der Waals surface area contributed by atoms with E-state index in [1.54, 1.807) is 11.6 Å². The van der Waals surface area contributed by atoms with Crippen LogP contribution in [0.25, 0.3) is 0 Å². The largest absolute Gasteiger partial charge is 0.328 e. The lowest BCUT2D eigenvalue weighted by Gasteiger charge is -2.35. The fourth-order valence-electron chi connectivity index (χ4n) is 4.52. The average molecular weight is 406 g/mol. The smallest absolute Gasteiger partial charge is 0.226 e. The second kappa shape index (κ2) is 6.86. The normalized spacial score (nSPS) is 20.6. The number of rotatable bonds is 2. The van der Waals surface area contributed by atoms with Gasteiger partial charge in [-0.15, -0.1) is 0 Å². The van der Waals surface area contributed by atoms with Gasteiger partial charge in [0.15, 0.2) is 5.78 Å². The summed E-state index contributed by atoms with van der Waals surface area (Å²) in [4.78, 5) is 17.7. The predicted molar refractivity (Wildman–Crippen MR) is 108 cm³/mol. The van der Waals surface area contributed by atoms with E-state index in [0.29, 0.717) is 35.8 Å². The van der Waals surface area contributed by atoms with E-state index < -0.39 is 17.7 Å². The third-order valence-electron chi connectivity index (χ3n) is 5.74. The Bertz CT molecular complexity index is 1190. The van der Waals surface area contributed by atoms with Crippen molar-refractivity contribution in [3.63, 3.8) is 0 Å². The SMILES string of the molecule is Cc1cccc([C@@H]2CC(=O)C3=C(C2)Nc2nc(C)nn2[C@@H]3c2cc(F)cc(F)c2)c1. The number of allylic oxidation sites excluding steroid dienone is 2. The fourth-order valence-corrected chi connectivity index (χ4v) is 4.52. The van der Waals surface area contributed by atoms with Crippen LogP contribution in [-0.2, 0) is 4.79 Å². The molecular weight excluding hydrogens is 386 g/mol. The number of nitrogens with zero attached hydrogens (tertiary/aromatic N) is 3. The summed E-state index contributed by atoms with van der Waals surface area (Å²) in [6, 6.07) is 10.8. The first kappa shape index (κ1) is 18.7. The molecule has 1 aliphatic carbocycles. The third-order valence-corrected chi connectivity index (χ3v) is 5.74. The van der Waals surface area contributed by atoms with Gasteiger partial charge in [0, 0.05) is 23.8 Å². The van der Waals surface area contributed by atoms with Crippen LogP contribution in [0.1, 0.15) is 47.3 Å². The van der Waals surface area contributed by atoms with Crippen LogP contribution in [0.2, 0.25) is 0 Å². The summed E-state index contributed by atoms with van der Waals surface area (Å²) in [6.07, 6.45) is 0.950. The standard InChI is InChI=1S/C23H20F2N4O/c1-12-4-3-5-14(6-12)15-9-19-21(20(30)10-15)22(16-7-17(24)11-18(25)8-16)29-23(27-19)26-13(2)28-29/h3-8,11,15,22H,9-10H2,1-2H3,(H,26,27,28)/t15-,22+/m0/s1. The number of fused-ring (bicyclic) bond motifs is 1. The van der Waals surface area contributed by atoms with Gasteiger partial charge in [-0.3, -0.25) is 4.79 Å². The molecule has 2 atom stereocenters. The highest BCUT2D eigenvalue weighted by atomic mass is 19.1. The lowest BCUT2D eigenvalue weighted by molar-refractivity contribution is -0.116. The van der Waals surface area contributed by atoms with Crippen LogP contribution in [0.3, 0.4) is 0 Å². The summed E-state index contributed by atoms with van der Waals surface area (Å²) in [5, 5.41) is 7.65. The van der Waals surface area contributed by atoms with E-state index in [1.807, 2.05) is 25.1 Å². The first-order chi connectivity index (χ1) is 14.4. The number of carbonyl (C=O) groups excluding carboxylic acids is 1. The molecule has 0 amide bonds. The molecule has 0 saturated carbocycles. The predicted octanol–water partition coefficient (Wildman–Crippen LogP) is 4.59. The monoisotopic (exact) mass is 406 g/mol. The molecule has 0 unspecified atom stereocenters. The van der Waals surface area contributed by atoms with Gasteiger partial charge in [0.05, 0.1) is 0 Å². The molecule has 152 valence electrons. The fraction of sp³-hybridized carbons (Fsp3) is 0.261. The zero-order valence-corrected chi connectivity index (χ0v) is 16.6. The van der Waals surface area contributed by atoms with Gasteiger partial charge in [-0.05, 0) is 49.4 Å². The number of Topliss-reactive ketones (excluding diaryl/α,β-unsaturated/α-hetero) is 1. The Hall–Kier alpha value is -3.35. The second-order valence-electron chi connectivity index (χ2n) is 7.99. The molecular formula is C23H20F2N4O. The highest BCUT2D eigenvalue weighted by molar-refractivity contribution is 6.00. The van der Waals surface area contributed by atoms with E-state index in [9.17, 15) is 13.6 Å². The van der Waals surface area contributed by atoms with Crippen molar-refractivity contribution in [2.45, 2.75) is 38.6 Å². The van der Waals surface area contributed by atoms with Crippen molar-refractivity contribution in [2.75, 3.05) is 5.32 Å². The van der Waals surface area contributed by atoms with Crippen molar-refractivity contribution < 1.29 is 13.6 Å². The highest BCUT2D eigenvalue weighted by Gasteiger charge is 2.39. The van der Waals surface area contributed by atoms with E-state index in [1.165, 1.54) is 12.1 Å². The molecule has 1 N–H and O–H groups in total. The van der Waals surface area contributed by atoms with Crippen molar-refractivity contribution >= 4 is 11.7 Å². The van der Waals surface area contributed by atoms with Crippen LogP contribution in [0.5, 0.6) is 0 Å². The van der Waals surface area contributed by atoms with Crippen molar-refractivity contribution in [2.24, 2.45) is 0 Å². The van der Waals surface area contributed by atoms with Crippen LogP contribution >= 0.6 is 0 Å². The molecule has 0 saturated heterocycles. The average Bonchev–Trinajstić information content (AvgIpc) is 3.05. The second-order valence-corrected chi connectivity index (χ2v) is 7.99. The Morgan fingerprint density at radius 1 is 1.03 bits per heavy atom. The number of benzene rings is 2. The lowest BCUT2D eigenvalue weighted by Crippen LogP contribution is -2.33. The van der Waals surface area contributed by atoms with Crippen molar-refractivity contribution in [1.82, 2.24) is 14.8 Å². The highest BCUT2D eigenvalue weighted by Crippen LogP contribution is 2.44. The number of hydrogen-bond donors (Lipinski definition) is 1. The maximum absolute atomic E-state index is 14.0. The molecule has 3 aromatic rings. The maximum Gasteiger partial charge on any atom is 0.226 e. The summed E-state index contributed by atoms with van der Waals surface area (Å²) in [5.74, 6) is -0.414. The van der Waals surface area contributed by atoms with E-state index in [0.717, 1.165) is 22.9 Å². The molecule has 0 fully saturated rings. The zero-order valence-electron chi connectivity index (χ0n) is 16.6. The van der Waals surface area contributed by atoms with Gasteiger partial charge in [-0.25, -0.2) is 13.5 Å². The minimum Gasteiger partial charge on any atom is -0.328 e. The topological polar surface area (TPSA) is 59.8 Å². The summed E-state index contributed by atoms with van der Waals surface area (Å²) in [7, 11) is 0. The molecule has 2 heterocycles. The van der Waals surface area contributed by atoms with Gasteiger partial charge >= 0.3 is 0 Å². The third kappa shape index (κ3) is 3.10. The zero-order chi connectivity index (χ0) is 21.0. The summed E-state index contributed by atoms with van der Waals surface area (Å²) >= 11 is 0. The Balaban J connectivity index is 1.63. The quantitative estimate of drug-likeness (QED) is 0.676. The van der Waals surface area contributed by atoms with E-state index in [-0.39, 0.29) is 11.7 Å². The van der Waals surface area contributed by atoms with Crippen molar-refractivity contribution in [3.8, 4) is 0 Å². The van der Waals surface area contributed by atoms with Crippen LogP contribution in [-0.4, -0.2) is 20.5 Å².